The third-order valence-electron chi connectivity index (χ3n) is 5.40. The van der Waals surface area contributed by atoms with Crippen molar-refractivity contribution in [2.75, 3.05) is 6.61 Å². The summed E-state index contributed by atoms with van der Waals surface area (Å²) in [6.07, 6.45) is 0.334. The van der Waals surface area contributed by atoms with Crippen LogP contribution >= 0.6 is 0 Å². The minimum atomic E-state index is -0.911. The minimum absolute atomic E-state index is 0.163. The van der Waals surface area contributed by atoms with E-state index in [0.717, 1.165) is 16.5 Å². The molecule has 4 rings (SSSR count). The van der Waals surface area contributed by atoms with Crippen LogP contribution in [0.1, 0.15) is 31.1 Å². The lowest BCUT2D eigenvalue weighted by Crippen LogP contribution is -2.50. The van der Waals surface area contributed by atoms with Crippen molar-refractivity contribution in [3.63, 3.8) is 0 Å². The molecule has 2 aromatic carbocycles. The molecule has 2 atom stereocenters. The van der Waals surface area contributed by atoms with Gasteiger partial charge in [0.15, 0.2) is 0 Å². The standard InChI is InChI=1S/C22H25N3O4/c1-22(2)25(21(27)28-13-15-7-5-4-6-8-15)19(14-29-22)20(26)16-9-10-18-17(11-16)12-23-24(18)3/h4-12,19-20,26H,13-14H2,1-3H3/t19-,20?/m1/s1. The van der Waals surface area contributed by atoms with E-state index in [4.69, 9.17) is 9.47 Å². The summed E-state index contributed by atoms with van der Waals surface area (Å²) in [6, 6.07) is 14.6. The van der Waals surface area contributed by atoms with E-state index in [-0.39, 0.29) is 13.2 Å². The second kappa shape index (κ2) is 7.50. The number of benzene rings is 2. The van der Waals surface area contributed by atoms with Crippen LogP contribution in [0.25, 0.3) is 10.9 Å². The molecule has 1 N–H and O–H groups in total. The molecule has 1 aromatic heterocycles. The number of aryl methyl sites for hydroxylation is 1. The molecule has 1 fully saturated rings. The molecule has 29 heavy (non-hydrogen) atoms. The van der Waals surface area contributed by atoms with Gasteiger partial charge in [-0.2, -0.15) is 5.10 Å². The van der Waals surface area contributed by atoms with E-state index < -0.39 is 24.0 Å². The molecule has 1 aliphatic rings. The van der Waals surface area contributed by atoms with Gasteiger partial charge in [0.2, 0.25) is 0 Å². The summed E-state index contributed by atoms with van der Waals surface area (Å²) in [4.78, 5) is 14.4. The van der Waals surface area contributed by atoms with Crippen molar-refractivity contribution in [2.45, 2.75) is 38.3 Å². The number of nitrogens with zero attached hydrogens (tertiary/aromatic N) is 3. The minimum Gasteiger partial charge on any atom is -0.444 e. The molecule has 152 valence electrons. The predicted molar refractivity (Wildman–Crippen MR) is 108 cm³/mol. The van der Waals surface area contributed by atoms with Gasteiger partial charge in [-0.3, -0.25) is 9.58 Å². The van der Waals surface area contributed by atoms with Crippen LogP contribution in [0.2, 0.25) is 0 Å². The average Bonchev–Trinajstić information content (AvgIpc) is 3.25. The zero-order chi connectivity index (χ0) is 20.6. The SMILES string of the molecule is Cn1ncc2cc(C(O)[C@H]3COC(C)(C)N3C(=O)OCc3ccccc3)ccc21. The number of aliphatic hydroxyl groups excluding tert-OH is 1. The van der Waals surface area contributed by atoms with Crippen LogP contribution in [0.15, 0.2) is 54.7 Å². The van der Waals surface area contributed by atoms with Crippen molar-refractivity contribution in [1.29, 1.82) is 0 Å². The average molecular weight is 395 g/mol. The lowest BCUT2D eigenvalue weighted by Gasteiger charge is -2.34. The number of hydrogen-bond donors (Lipinski definition) is 1. The lowest BCUT2D eigenvalue weighted by atomic mass is 10.00. The Balaban J connectivity index is 1.54. The van der Waals surface area contributed by atoms with E-state index in [1.807, 2.05) is 55.6 Å². The Morgan fingerprint density at radius 3 is 2.83 bits per heavy atom. The zero-order valence-electron chi connectivity index (χ0n) is 16.8. The number of rotatable bonds is 4. The van der Waals surface area contributed by atoms with Crippen molar-refractivity contribution < 1.29 is 19.4 Å². The van der Waals surface area contributed by atoms with Crippen LogP contribution in [-0.2, 0) is 23.1 Å². The maximum atomic E-state index is 12.9. The van der Waals surface area contributed by atoms with Crippen molar-refractivity contribution in [1.82, 2.24) is 14.7 Å². The summed E-state index contributed by atoms with van der Waals surface area (Å²) in [5.41, 5.74) is 1.70. The van der Waals surface area contributed by atoms with Gasteiger partial charge in [-0.1, -0.05) is 36.4 Å². The highest BCUT2D eigenvalue weighted by atomic mass is 16.6. The van der Waals surface area contributed by atoms with Crippen LogP contribution in [0.3, 0.4) is 0 Å². The molecule has 0 radical (unpaired) electrons. The highest BCUT2D eigenvalue weighted by Gasteiger charge is 2.48. The van der Waals surface area contributed by atoms with Crippen molar-refractivity contribution in [3.8, 4) is 0 Å². The molecule has 3 aromatic rings. The van der Waals surface area contributed by atoms with Gasteiger partial charge in [-0.05, 0) is 37.1 Å². The predicted octanol–water partition coefficient (Wildman–Crippen LogP) is 3.38. The normalized spacial score (nSPS) is 19.4. The van der Waals surface area contributed by atoms with Gasteiger partial charge in [0, 0.05) is 12.4 Å². The molecule has 0 aliphatic carbocycles. The third kappa shape index (κ3) is 3.71. The maximum Gasteiger partial charge on any atom is 0.412 e. The smallest absolute Gasteiger partial charge is 0.412 e. The summed E-state index contributed by atoms with van der Waals surface area (Å²) >= 11 is 0. The fourth-order valence-corrected chi connectivity index (χ4v) is 3.80. The maximum absolute atomic E-state index is 12.9. The van der Waals surface area contributed by atoms with Gasteiger partial charge >= 0.3 is 6.09 Å². The van der Waals surface area contributed by atoms with E-state index in [2.05, 4.69) is 5.10 Å². The molecule has 1 amide bonds. The van der Waals surface area contributed by atoms with Crippen LogP contribution in [0, 0.1) is 0 Å². The number of hydrogen-bond acceptors (Lipinski definition) is 5. The Morgan fingerprint density at radius 1 is 1.31 bits per heavy atom. The number of fused-ring (bicyclic) bond motifs is 1. The van der Waals surface area contributed by atoms with E-state index in [0.29, 0.717) is 5.56 Å². The van der Waals surface area contributed by atoms with Crippen LogP contribution < -0.4 is 0 Å². The first kappa shape index (κ1) is 19.4. The monoisotopic (exact) mass is 395 g/mol. The first-order valence-corrected chi connectivity index (χ1v) is 9.60. The molecule has 1 unspecified atom stereocenters. The lowest BCUT2D eigenvalue weighted by molar-refractivity contribution is -0.0543. The van der Waals surface area contributed by atoms with Crippen LogP contribution in [-0.4, -0.2) is 44.3 Å². The number of carbonyl (C=O) groups excluding carboxylic acids is 1. The van der Waals surface area contributed by atoms with Crippen LogP contribution in [0.5, 0.6) is 0 Å². The second-order valence-electron chi connectivity index (χ2n) is 7.77. The number of amides is 1. The fourth-order valence-electron chi connectivity index (χ4n) is 3.80. The highest BCUT2D eigenvalue weighted by Crippen LogP contribution is 2.35. The van der Waals surface area contributed by atoms with Gasteiger partial charge in [-0.15, -0.1) is 0 Å². The molecule has 0 bridgehead atoms. The van der Waals surface area contributed by atoms with Crippen molar-refractivity contribution in [3.05, 3.63) is 65.9 Å². The zero-order valence-corrected chi connectivity index (χ0v) is 16.8. The molecular formula is C22H25N3O4. The summed E-state index contributed by atoms with van der Waals surface area (Å²) in [6.45, 7) is 3.98. The van der Waals surface area contributed by atoms with Crippen LogP contribution in [0.4, 0.5) is 4.79 Å². The summed E-state index contributed by atoms with van der Waals surface area (Å²) in [5.74, 6) is 0. The molecule has 1 aliphatic heterocycles. The fraction of sp³-hybridized carbons (Fsp3) is 0.364. The topological polar surface area (TPSA) is 76.8 Å². The van der Waals surface area contributed by atoms with E-state index in [1.54, 1.807) is 24.7 Å². The Hall–Kier alpha value is -2.90. The molecule has 0 spiro atoms. The summed E-state index contributed by atoms with van der Waals surface area (Å²) in [5, 5.41) is 16.2. The van der Waals surface area contributed by atoms with Gasteiger partial charge in [0.25, 0.3) is 0 Å². The van der Waals surface area contributed by atoms with Gasteiger partial charge in [0.1, 0.15) is 18.4 Å². The van der Waals surface area contributed by atoms with E-state index >= 15 is 0 Å². The first-order chi connectivity index (χ1) is 13.9. The number of aliphatic hydroxyl groups is 1. The van der Waals surface area contributed by atoms with Gasteiger partial charge < -0.3 is 14.6 Å². The molecular weight excluding hydrogens is 370 g/mol. The molecule has 2 heterocycles. The Morgan fingerprint density at radius 2 is 2.07 bits per heavy atom. The second-order valence-corrected chi connectivity index (χ2v) is 7.77. The van der Waals surface area contributed by atoms with Crippen molar-refractivity contribution in [2.24, 2.45) is 7.05 Å². The van der Waals surface area contributed by atoms with Gasteiger partial charge in [0.05, 0.1) is 24.4 Å². The Bertz CT molecular complexity index is 1020. The van der Waals surface area contributed by atoms with Crippen molar-refractivity contribution >= 4 is 17.0 Å². The molecule has 7 nitrogen and oxygen atoms in total. The van der Waals surface area contributed by atoms with Gasteiger partial charge in [-0.25, -0.2) is 4.79 Å². The van der Waals surface area contributed by atoms with E-state index in [1.165, 1.54) is 4.90 Å². The largest absolute Gasteiger partial charge is 0.444 e. The Kier molecular flexibility index (Phi) is 5.02. The third-order valence-corrected chi connectivity index (χ3v) is 5.40. The summed E-state index contributed by atoms with van der Waals surface area (Å²) < 4.78 is 13.1. The highest BCUT2D eigenvalue weighted by molar-refractivity contribution is 5.79. The molecule has 1 saturated heterocycles. The Labute approximate surface area is 169 Å². The molecule has 7 heteroatoms. The summed E-state index contributed by atoms with van der Waals surface area (Å²) in [7, 11) is 1.87. The molecule has 0 saturated carbocycles. The first-order valence-electron chi connectivity index (χ1n) is 9.60. The van der Waals surface area contributed by atoms with E-state index in [9.17, 15) is 9.90 Å². The number of carbonyl (C=O) groups is 1. The number of aromatic nitrogens is 2. The number of ether oxygens (including phenoxy) is 2. The quantitative estimate of drug-likeness (QED) is 0.733.